The predicted octanol–water partition coefficient (Wildman–Crippen LogP) is 3.04. The molecule has 1 aliphatic rings. The minimum atomic E-state index is -4.54. The quantitative estimate of drug-likeness (QED) is 0.808. The van der Waals surface area contributed by atoms with Crippen molar-refractivity contribution in [3.8, 4) is 11.8 Å². The van der Waals surface area contributed by atoms with E-state index in [4.69, 9.17) is 0 Å². The lowest BCUT2D eigenvalue weighted by atomic mass is 10.00. The first-order valence-corrected chi connectivity index (χ1v) is 7.49. The number of hydrazine groups is 1. The molecule has 0 spiro atoms. The van der Waals surface area contributed by atoms with Gasteiger partial charge in [-0.25, -0.2) is 15.4 Å². The fourth-order valence-electron chi connectivity index (χ4n) is 2.34. The Morgan fingerprint density at radius 2 is 1.80 bits per heavy atom. The van der Waals surface area contributed by atoms with Crippen molar-refractivity contribution in [1.82, 2.24) is 10.4 Å². The smallest absolute Gasteiger partial charge is 0.273 e. The van der Waals surface area contributed by atoms with Crippen LogP contribution in [0.5, 0.6) is 0 Å². The molecule has 7 heteroatoms. The molecule has 2 heterocycles. The van der Waals surface area contributed by atoms with Crippen LogP contribution in [0.1, 0.15) is 24.5 Å². The maximum absolute atomic E-state index is 13.1. The normalized spacial score (nSPS) is 20.3. The fourth-order valence-corrected chi connectivity index (χ4v) is 2.34. The SMILES string of the molecule is CC1(C(F)(F)F)CC(=O)N(c2ccc(C#Cc3ccccc3)cn2)N1. The van der Waals surface area contributed by atoms with Crippen molar-refractivity contribution in [2.75, 3.05) is 5.01 Å². The summed E-state index contributed by atoms with van der Waals surface area (Å²) in [6, 6.07) is 12.4. The molecule has 4 nitrogen and oxygen atoms in total. The number of nitrogens with one attached hydrogen (secondary N) is 1. The lowest BCUT2D eigenvalue weighted by Crippen LogP contribution is -2.54. The number of hydrogen-bond donors (Lipinski definition) is 1. The van der Waals surface area contributed by atoms with E-state index in [-0.39, 0.29) is 5.82 Å². The Kier molecular flexibility index (Phi) is 4.23. The van der Waals surface area contributed by atoms with Gasteiger partial charge in [0.15, 0.2) is 0 Å². The Balaban J connectivity index is 1.77. The van der Waals surface area contributed by atoms with Gasteiger partial charge in [0.25, 0.3) is 0 Å². The molecule has 25 heavy (non-hydrogen) atoms. The molecule has 1 fully saturated rings. The molecule has 1 aromatic carbocycles. The monoisotopic (exact) mass is 345 g/mol. The molecule has 1 aromatic heterocycles. The summed E-state index contributed by atoms with van der Waals surface area (Å²) in [4.78, 5) is 16.0. The van der Waals surface area contributed by atoms with Gasteiger partial charge in [0, 0.05) is 17.3 Å². The topological polar surface area (TPSA) is 45.2 Å². The Morgan fingerprint density at radius 3 is 2.36 bits per heavy atom. The van der Waals surface area contributed by atoms with E-state index >= 15 is 0 Å². The van der Waals surface area contributed by atoms with Gasteiger partial charge in [-0.05, 0) is 31.2 Å². The first-order valence-electron chi connectivity index (χ1n) is 7.49. The molecular weight excluding hydrogens is 331 g/mol. The Labute approximate surface area is 142 Å². The van der Waals surface area contributed by atoms with Crippen LogP contribution in [0.25, 0.3) is 0 Å². The molecule has 0 saturated carbocycles. The Morgan fingerprint density at radius 1 is 1.12 bits per heavy atom. The number of carbonyl (C=O) groups is 1. The van der Waals surface area contributed by atoms with Gasteiger partial charge >= 0.3 is 6.18 Å². The van der Waals surface area contributed by atoms with Crippen molar-refractivity contribution >= 4 is 11.7 Å². The van der Waals surface area contributed by atoms with Gasteiger partial charge in [0.05, 0.1) is 6.42 Å². The van der Waals surface area contributed by atoms with Gasteiger partial charge in [0.1, 0.15) is 11.4 Å². The highest BCUT2D eigenvalue weighted by Crippen LogP contribution is 2.37. The number of aromatic nitrogens is 1. The zero-order valence-electron chi connectivity index (χ0n) is 13.3. The highest BCUT2D eigenvalue weighted by atomic mass is 19.4. The van der Waals surface area contributed by atoms with Crippen molar-refractivity contribution in [1.29, 1.82) is 0 Å². The average molecular weight is 345 g/mol. The first kappa shape index (κ1) is 17.0. The lowest BCUT2D eigenvalue weighted by Gasteiger charge is -2.27. The minimum absolute atomic E-state index is 0.100. The summed E-state index contributed by atoms with van der Waals surface area (Å²) in [5.74, 6) is 5.29. The maximum atomic E-state index is 13.1. The third-order valence-corrected chi connectivity index (χ3v) is 3.84. The number of benzene rings is 1. The van der Waals surface area contributed by atoms with Crippen LogP contribution in [0.4, 0.5) is 19.0 Å². The van der Waals surface area contributed by atoms with E-state index in [9.17, 15) is 18.0 Å². The highest BCUT2D eigenvalue weighted by Gasteiger charge is 2.58. The zero-order chi connectivity index (χ0) is 18.1. The number of nitrogens with zero attached hydrogens (tertiary/aromatic N) is 2. The third-order valence-electron chi connectivity index (χ3n) is 3.84. The second kappa shape index (κ2) is 6.22. The van der Waals surface area contributed by atoms with E-state index in [2.05, 4.69) is 22.3 Å². The van der Waals surface area contributed by atoms with Crippen LogP contribution in [0.15, 0.2) is 48.7 Å². The first-order chi connectivity index (χ1) is 11.8. The molecule has 1 N–H and O–H groups in total. The van der Waals surface area contributed by atoms with Crippen LogP contribution in [0.3, 0.4) is 0 Å². The van der Waals surface area contributed by atoms with E-state index in [0.29, 0.717) is 5.56 Å². The molecule has 2 aromatic rings. The van der Waals surface area contributed by atoms with Gasteiger partial charge < -0.3 is 0 Å². The minimum Gasteiger partial charge on any atom is -0.273 e. The molecule has 1 amide bonds. The van der Waals surface area contributed by atoms with E-state index in [1.807, 2.05) is 30.3 Å². The van der Waals surface area contributed by atoms with Gasteiger partial charge in [-0.1, -0.05) is 30.0 Å². The van der Waals surface area contributed by atoms with E-state index in [1.165, 1.54) is 12.3 Å². The van der Waals surface area contributed by atoms with E-state index in [1.54, 1.807) is 6.07 Å². The van der Waals surface area contributed by atoms with Crippen LogP contribution < -0.4 is 10.4 Å². The number of rotatable bonds is 1. The summed E-state index contributed by atoms with van der Waals surface area (Å²) in [7, 11) is 0. The Bertz CT molecular complexity index is 838. The molecule has 1 saturated heterocycles. The number of anilines is 1. The van der Waals surface area contributed by atoms with Crippen molar-refractivity contribution in [3.05, 3.63) is 59.8 Å². The number of hydrogen-bond acceptors (Lipinski definition) is 3. The van der Waals surface area contributed by atoms with Crippen molar-refractivity contribution in [2.24, 2.45) is 0 Å². The molecule has 1 atom stereocenters. The van der Waals surface area contributed by atoms with Gasteiger partial charge in [-0.15, -0.1) is 0 Å². The molecular formula is C18H14F3N3O. The molecule has 0 radical (unpaired) electrons. The standard InChI is InChI=1S/C18H14F3N3O/c1-17(18(19,20)21)11-16(25)24(23-17)15-10-9-14(12-22-15)8-7-13-5-3-2-4-6-13/h2-6,9-10,12,23H,11H2,1H3. The predicted molar refractivity (Wildman–Crippen MR) is 86.4 cm³/mol. The number of carbonyl (C=O) groups excluding carboxylic acids is 1. The average Bonchev–Trinajstić information content (AvgIpc) is 2.90. The largest absolute Gasteiger partial charge is 0.408 e. The molecule has 1 unspecified atom stereocenters. The van der Waals surface area contributed by atoms with Crippen molar-refractivity contribution in [3.63, 3.8) is 0 Å². The fraction of sp³-hybridized carbons (Fsp3) is 0.222. The van der Waals surface area contributed by atoms with Crippen LogP contribution in [0.2, 0.25) is 0 Å². The zero-order valence-corrected chi connectivity index (χ0v) is 13.3. The van der Waals surface area contributed by atoms with E-state index < -0.39 is 24.0 Å². The highest BCUT2D eigenvalue weighted by molar-refractivity contribution is 5.94. The summed E-state index contributed by atoms with van der Waals surface area (Å²) in [6.45, 7) is 0.949. The molecule has 0 bridgehead atoms. The second-order valence-electron chi connectivity index (χ2n) is 5.87. The molecule has 1 aliphatic heterocycles. The van der Waals surface area contributed by atoms with Gasteiger partial charge in [-0.2, -0.15) is 13.2 Å². The number of pyridine rings is 1. The summed E-state index contributed by atoms with van der Waals surface area (Å²) >= 11 is 0. The molecule has 128 valence electrons. The van der Waals surface area contributed by atoms with Crippen LogP contribution in [-0.4, -0.2) is 22.6 Å². The maximum Gasteiger partial charge on any atom is 0.408 e. The third kappa shape index (κ3) is 3.49. The number of amides is 1. The van der Waals surface area contributed by atoms with Crippen LogP contribution >= 0.6 is 0 Å². The van der Waals surface area contributed by atoms with Crippen molar-refractivity contribution in [2.45, 2.75) is 25.1 Å². The van der Waals surface area contributed by atoms with Crippen LogP contribution in [0, 0.1) is 11.8 Å². The Hall–Kier alpha value is -2.85. The number of halogens is 3. The number of alkyl halides is 3. The lowest BCUT2D eigenvalue weighted by molar-refractivity contribution is -0.187. The summed E-state index contributed by atoms with van der Waals surface area (Å²) < 4.78 is 39.2. The van der Waals surface area contributed by atoms with Crippen LogP contribution in [-0.2, 0) is 4.79 Å². The van der Waals surface area contributed by atoms with E-state index in [0.717, 1.165) is 17.5 Å². The van der Waals surface area contributed by atoms with Crippen molar-refractivity contribution < 1.29 is 18.0 Å². The van der Waals surface area contributed by atoms with Gasteiger partial charge in [0.2, 0.25) is 5.91 Å². The summed E-state index contributed by atoms with van der Waals surface area (Å²) in [5, 5.41) is 0.835. The van der Waals surface area contributed by atoms with Gasteiger partial charge in [-0.3, -0.25) is 4.79 Å². The molecule has 0 aliphatic carbocycles. The second-order valence-corrected chi connectivity index (χ2v) is 5.87. The summed E-state index contributed by atoms with van der Waals surface area (Å²) in [5.41, 5.74) is 1.35. The molecule has 3 rings (SSSR count). The summed E-state index contributed by atoms with van der Waals surface area (Å²) in [6.07, 6.45) is -3.80.